The lowest BCUT2D eigenvalue weighted by Gasteiger charge is -2.16. The molecule has 0 saturated carbocycles. The summed E-state index contributed by atoms with van der Waals surface area (Å²) >= 11 is 0. The minimum atomic E-state index is -0.533. The average Bonchev–Trinajstić information content (AvgIpc) is 3.03. The molecule has 2 aromatic heterocycles. The van der Waals surface area contributed by atoms with Crippen LogP contribution in [-0.2, 0) is 14.1 Å². The van der Waals surface area contributed by atoms with Crippen LogP contribution in [0.1, 0.15) is 29.0 Å². The molecule has 7 nitrogen and oxygen atoms in total. The van der Waals surface area contributed by atoms with Gasteiger partial charge >= 0.3 is 5.69 Å². The van der Waals surface area contributed by atoms with Crippen molar-refractivity contribution in [3.8, 4) is 0 Å². The second kappa shape index (κ2) is 5.84. The first kappa shape index (κ1) is 15.8. The van der Waals surface area contributed by atoms with Gasteiger partial charge in [0.2, 0.25) is 0 Å². The third-order valence-electron chi connectivity index (χ3n) is 4.18. The molecule has 3 rings (SSSR count). The van der Waals surface area contributed by atoms with E-state index < -0.39 is 17.2 Å². The smallest absolute Gasteiger partial charge is 0.331 e. The highest BCUT2D eigenvalue weighted by Gasteiger charge is 2.16. The number of nitrogens with one attached hydrogen (secondary N) is 2. The van der Waals surface area contributed by atoms with Crippen molar-refractivity contribution in [2.75, 3.05) is 0 Å². The van der Waals surface area contributed by atoms with Gasteiger partial charge < -0.3 is 10.3 Å². The Morgan fingerprint density at radius 1 is 1.12 bits per heavy atom. The lowest BCUT2D eigenvalue weighted by Crippen LogP contribution is -2.41. The van der Waals surface area contributed by atoms with Crippen molar-refractivity contribution >= 4 is 16.8 Å². The molecule has 0 aliphatic rings. The molecule has 24 heavy (non-hydrogen) atoms. The molecule has 1 atom stereocenters. The van der Waals surface area contributed by atoms with Crippen molar-refractivity contribution in [1.82, 2.24) is 19.4 Å². The molecule has 0 aliphatic carbocycles. The van der Waals surface area contributed by atoms with Crippen molar-refractivity contribution in [3.63, 3.8) is 0 Å². The molecule has 7 heteroatoms. The fourth-order valence-electron chi connectivity index (χ4n) is 2.65. The number of fused-ring (bicyclic) bond motifs is 1. The number of hydrogen-bond donors (Lipinski definition) is 2. The highest BCUT2D eigenvalue weighted by molar-refractivity contribution is 5.92. The quantitative estimate of drug-likeness (QED) is 0.754. The van der Waals surface area contributed by atoms with E-state index in [4.69, 9.17) is 0 Å². The Morgan fingerprint density at radius 3 is 2.62 bits per heavy atom. The summed E-state index contributed by atoms with van der Waals surface area (Å²) in [6.07, 6.45) is 1.85. The maximum Gasteiger partial charge on any atom is 0.331 e. The molecular weight excluding hydrogens is 308 g/mol. The van der Waals surface area contributed by atoms with Gasteiger partial charge in [-0.3, -0.25) is 18.7 Å². The maximum absolute atomic E-state index is 12.5. The number of aromatic amines is 1. The molecule has 1 aromatic carbocycles. The SMILES string of the molecule is C[C@H](NC(=O)c1cc(=O)n(C)c(=O)n1C)c1ccc2[nH]ccc2c1. The summed E-state index contributed by atoms with van der Waals surface area (Å²) in [5.41, 5.74) is 0.951. The largest absolute Gasteiger partial charge is 0.361 e. The van der Waals surface area contributed by atoms with Crippen LogP contribution in [0.15, 0.2) is 46.1 Å². The Kier molecular flexibility index (Phi) is 3.84. The summed E-state index contributed by atoms with van der Waals surface area (Å²) < 4.78 is 2.12. The van der Waals surface area contributed by atoms with Gasteiger partial charge in [0.05, 0.1) is 6.04 Å². The molecular formula is C17H18N4O3. The van der Waals surface area contributed by atoms with Crippen molar-refractivity contribution in [2.24, 2.45) is 14.1 Å². The van der Waals surface area contributed by atoms with Crippen molar-refractivity contribution in [3.05, 3.63) is 68.6 Å². The zero-order chi connectivity index (χ0) is 17.4. The minimum Gasteiger partial charge on any atom is -0.361 e. The highest BCUT2D eigenvalue weighted by Crippen LogP contribution is 2.19. The molecule has 0 spiro atoms. The van der Waals surface area contributed by atoms with E-state index in [0.29, 0.717) is 0 Å². The predicted octanol–water partition coefficient (Wildman–Crippen LogP) is 1.06. The van der Waals surface area contributed by atoms with Crippen LogP contribution in [-0.4, -0.2) is 20.0 Å². The standard InChI is InChI=1S/C17H18N4O3/c1-10(11-4-5-13-12(8-11)6-7-18-13)19-16(23)14-9-15(22)21(3)17(24)20(14)2/h4-10,18H,1-3H3,(H,19,23)/t10-/m0/s1. The van der Waals surface area contributed by atoms with Crippen LogP contribution in [0, 0.1) is 0 Å². The molecule has 0 radical (unpaired) electrons. The second-order valence-corrected chi connectivity index (χ2v) is 5.79. The lowest BCUT2D eigenvalue weighted by atomic mass is 10.1. The molecule has 3 aromatic rings. The summed E-state index contributed by atoms with van der Waals surface area (Å²) in [4.78, 5) is 39.3. The number of rotatable bonds is 3. The number of benzene rings is 1. The molecule has 0 fully saturated rings. The first-order chi connectivity index (χ1) is 11.4. The van der Waals surface area contributed by atoms with Gasteiger partial charge in [-0.15, -0.1) is 0 Å². The Morgan fingerprint density at radius 2 is 1.88 bits per heavy atom. The van der Waals surface area contributed by atoms with E-state index in [2.05, 4.69) is 10.3 Å². The normalized spacial score (nSPS) is 12.3. The summed E-state index contributed by atoms with van der Waals surface area (Å²) in [6, 6.07) is 8.71. The van der Waals surface area contributed by atoms with Crippen molar-refractivity contribution in [2.45, 2.75) is 13.0 Å². The van der Waals surface area contributed by atoms with Gasteiger partial charge in [-0.1, -0.05) is 6.07 Å². The van der Waals surface area contributed by atoms with Gasteiger partial charge in [0.15, 0.2) is 0 Å². The first-order valence-electron chi connectivity index (χ1n) is 7.53. The van der Waals surface area contributed by atoms with Gasteiger partial charge in [0, 0.05) is 31.9 Å². The van der Waals surface area contributed by atoms with E-state index >= 15 is 0 Å². The number of H-pyrrole nitrogens is 1. The molecule has 1 amide bonds. The van der Waals surface area contributed by atoms with E-state index in [1.807, 2.05) is 37.4 Å². The fourth-order valence-corrected chi connectivity index (χ4v) is 2.65. The zero-order valence-electron chi connectivity index (χ0n) is 13.7. The Balaban J connectivity index is 1.89. The summed E-state index contributed by atoms with van der Waals surface area (Å²) in [6.45, 7) is 1.85. The van der Waals surface area contributed by atoms with Gasteiger partial charge in [-0.05, 0) is 36.1 Å². The number of carbonyl (C=O) groups excluding carboxylic acids is 1. The molecule has 0 unspecified atom stereocenters. The van der Waals surface area contributed by atoms with Crippen LogP contribution in [0.5, 0.6) is 0 Å². The average molecular weight is 326 g/mol. The lowest BCUT2D eigenvalue weighted by molar-refractivity contribution is 0.0929. The van der Waals surface area contributed by atoms with Gasteiger partial charge in [0.1, 0.15) is 5.69 Å². The number of aromatic nitrogens is 3. The van der Waals surface area contributed by atoms with Crippen LogP contribution >= 0.6 is 0 Å². The van der Waals surface area contributed by atoms with Crippen LogP contribution in [0.25, 0.3) is 10.9 Å². The Labute approximate surface area is 137 Å². The summed E-state index contributed by atoms with van der Waals surface area (Å²) in [5.74, 6) is -0.464. The van der Waals surface area contributed by atoms with E-state index in [-0.39, 0.29) is 11.7 Å². The predicted molar refractivity (Wildman–Crippen MR) is 91.1 cm³/mol. The van der Waals surface area contributed by atoms with E-state index in [1.54, 1.807) is 0 Å². The molecule has 0 bridgehead atoms. The molecule has 124 valence electrons. The molecule has 2 heterocycles. The monoisotopic (exact) mass is 326 g/mol. The van der Waals surface area contributed by atoms with Crippen LogP contribution in [0.3, 0.4) is 0 Å². The Hall–Kier alpha value is -3.09. The van der Waals surface area contributed by atoms with Crippen LogP contribution in [0.4, 0.5) is 0 Å². The van der Waals surface area contributed by atoms with E-state index in [0.717, 1.165) is 21.0 Å². The van der Waals surface area contributed by atoms with Crippen molar-refractivity contribution in [1.29, 1.82) is 0 Å². The number of amides is 1. The number of nitrogens with zero attached hydrogens (tertiary/aromatic N) is 2. The molecule has 0 saturated heterocycles. The van der Waals surface area contributed by atoms with Crippen LogP contribution < -0.4 is 16.6 Å². The van der Waals surface area contributed by atoms with Gasteiger partial charge in [0.25, 0.3) is 11.5 Å². The zero-order valence-corrected chi connectivity index (χ0v) is 13.7. The van der Waals surface area contributed by atoms with Crippen molar-refractivity contribution < 1.29 is 4.79 Å². The van der Waals surface area contributed by atoms with Crippen LogP contribution in [0.2, 0.25) is 0 Å². The second-order valence-electron chi connectivity index (χ2n) is 5.79. The van der Waals surface area contributed by atoms with E-state index in [1.165, 1.54) is 24.7 Å². The fraction of sp³-hybridized carbons (Fsp3) is 0.235. The van der Waals surface area contributed by atoms with E-state index in [9.17, 15) is 14.4 Å². The third kappa shape index (κ3) is 2.64. The highest BCUT2D eigenvalue weighted by atomic mass is 16.2. The molecule has 2 N–H and O–H groups in total. The first-order valence-corrected chi connectivity index (χ1v) is 7.53. The maximum atomic E-state index is 12.5. The molecule has 0 aliphatic heterocycles. The summed E-state index contributed by atoms with van der Waals surface area (Å²) in [7, 11) is 2.84. The minimum absolute atomic E-state index is 0.0395. The topological polar surface area (TPSA) is 88.9 Å². The summed E-state index contributed by atoms with van der Waals surface area (Å²) in [5, 5.41) is 3.88. The number of carbonyl (C=O) groups is 1. The third-order valence-corrected chi connectivity index (χ3v) is 4.18. The number of hydrogen-bond acceptors (Lipinski definition) is 3. The van der Waals surface area contributed by atoms with Gasteiger partial charge in [-0.25, -0.2) is 4.79 Å². The van der Waals surface area contributed by atoms with Gasteiger partial charge in [-0.2, -0.15) is 0 Å². The Bertz CT molecular complexity index is 1040.